The lowest BCUT2D eigenvalue weighted by molar-refractivity contribution is 0.0605. The molecule has 0 aliphatic rings. The number of hydrogen-bond acceptors (Lipinski definition) is 5. The molecule has 4 nitrogen and oxygen atoms in total. The molecule has 0 fully saturated rings. The van der Waals surface area contributed by atoms with Crippen LogP contribution in [-0.4, -0.2) is 23.8 Å². The molecule has 0 unspecified atom stereocenters. The number of rotatable bonds is 4. The van der Waals surface area contributed by atoms with Gasteiger partial charge in [0.2, 0.25) is 0 Å². The second-order valence-electron chi connectivity index (χ2n) is 5.34. The molecule has 2 heterocycles. The van der Waals surface area contributed by atoms with Crippen molar-refractivity contribution in [3.63, 3.8) is 0 Å². The number of ketones is 1. The molecule has 3 aromatic rings. The standard InChI is InChI=1S/C19H14FNO3S/c1-11-14-9-13(10-21-18(14)25-17(11)19(23)24-2)16(22)8-7-12-5-3-4-6-15(12)20/h3-10H,1-2H3/b8-7+. The van der Waals surface area contributed by atoms with Gasteiger partial charge in [-0.05, 0) is 36.8 Å². The van der Waals surface area contributed by atoms with E-state index in [4.69, 9.17) is 4.74 Å². The zero-order chi connectivity index (χ0) is 18.0. The normalized spacial score (nSPS) is 11.2. The summed E-state index contributed by atoms with van der Waals surface area (Å²) in [4.78, 5) is 29.5. The van der Waals surface area contributed by atoms with Crippen LogP contribution >= 0.6 is 11.3 Å². The number of thiophene rings is 1. The van der Waals surface area contributed by atoms with E-state index in [-0.39, 0.29) is 5.78 Å². The highest BCUT2D eigenvalue weighted by molar-refractivity contribution is 7.20. The number of allylic oxidation sites excluding steroid dienone is 1. The van der Waals surface area contributed by atoms with Gasteiger partial charge in [0.25, 0.3) is 0 Å². The molecule has 0 saturated heterocycles. The molecular weight excluding hydrogens is 341 g/mol. The van der Waals surface area contributed by atoms with Gasteiger partial charge < -0.3 is 4.74 Å². The van der Waals surface area contributed by atoms with Crippen LogP contribution in [0.5, 0.6) is 0 Å². The summed E-state index contributed by atoms with van der Waals surface area (Å²) in [5.41, 5.74) is 1.44. The molecule has 0 radical (unpaired) electrons. The van der Waals surface area contributed by atoms with Gasteiger partial charge in [-0.25, -0.2) is 14.2 Å². The van der Waals surface area contributed by atoms with Crippen LogP contribution in [0.3, 0.4) is 0 Å². The summed E-state index contributed by atoms with van der Waals surface area (Å²) in [6, 6.07) is 7.90. The molecule has 3 rings (SSSR count). The summed E-state index contributed by atoms with van der Waals surface area (Å²) >= 11 is 1.22. The Hall–Kier alpha value is -2.86. The van der Waals surface area contributed by atoms with E-state index in [2.05, 4.69) is 4.98 Å². The number of pyridine rings is 1. The number of halogens is 1. The van der Waals surface area contributed by atoms with Crippen LogP contribution in [0, 0.1) is 12.7 Å². The zero-order valence-corrected chi connectivity index (χ0v) is 14.4. The molecule has 0 spiro atoms. The van der Waals surface area contributed by atoms with E-state index in [1.807, 2.05) is 0 Å². The van der Waals surface area contributed by atoms with Crippen molar-refractivity contribution < 1.29 is 18.7 Å². The van der Waals surface area contributed by atoms with Crippen molar-refractivity contribution in [2.24, 2.45) is 0 Å². The van der Waals surface area contributed by atoms with Crippen LogP contribution in [0.2, 0.25) is 0 Å². The Morgan fingerprint density at radius 2 is 2.04 bits per heavy atom. The number of carbonyl (C=O) groups is 2. The van der Waals surface area contributed by atoms with E-state index in [1.165, 1.54) is 42.9 Å². The largest absolute Gasteiger partial charge is 0.465 e. The van der Waals surface area contributed by atoms with Crippen LogP contribution in [0.25, 0.3) is 16.3 Å². The fourth-order valence-electron chi connectivity index (χ4n) is 2.39. The lowest BCUT2D eigenvalue weighted by atomic mass is 10.1. The van der Waals surface area contributed by atoms with Crippen LogP contribution in [0.15, 0.2) is 42.6 Å². The molecule has 126 valence electrons. The molecule has 25 heavy (non-hydrogen) atoms. The molecule has 0 bridgehead atoms. The average Bonchev–Trinajstić information content (AvgIpc) is 2.96. The minimum absolute atomic E-state index is 0.289. The number of fused-ring (bicyclic) bond motifs is 1. The summed E-state index contributed by atoms with van der Waals surface area (Å²) < 4.78 is 18.4. The maximum atomic E-state index is 13.6. The van der Waals surface area contributed by atoms with Crippen LogP contribution in [0.1, 0.15) is 31.2 Å². The number of carbonyl (C=O) groups excluding carboxylic acids is 2. The van der Waals surface area contributed by atoms with Crippen LogP contribution < -0.4 is 0 Å². The monoisotopic (exact) mass is 355 g/mol. The Morgan fingerprint density at radius 3 is 2.76 bits per heavy atom. The first-order valence-electron chi connectivity index (χ1n) is 7.45. The Morgan fingerprint density at radius 1 is 1.28 bits per heavy atom. The molecule has 0 saturated carbocycles. The molecule has 0 N–H and O–H groups in total. The summed E-state index contributed by atoms with van der Waals surface area (Å²) in [7, 11) is 1.32. The average molecular weight is 355 g/mol. The molecule has 2 aromatic heterocycles. The van der Waals surface area contributed by atoms with Crippen molar-refractivity contribution in [2.75, 3.05) is 7.11 Å². The van der Waals surface area contributed by atoms with Crippen molar-refractivity contribution in [1.29, 1.82) is 0 Å². The number of aromatic nitrogens is 1. The Kier molecular flexibility index (Phi) is 4.72. The first-order valence-corrected chi connectivity index (χ1v) is 8.27. The molecule has 0 aliphatic heterocycles. The van der Waals surface area contributed by atoms with E-state index < -0.39 is 11.8 Å². The van der Waals surface area contributed by atoms with E-state index in [0.29, 0.717) is 20.8 Å². The molecular formula is C19H14FNO3S. The summed E-state index contributed by atoms with van der Waals surface area (Å²) in [5.74, 6) is -1.10. The number of benzene rings is 1. The minimum atomic E-state index is -0.423. The van der Waals surface area contributed by atoms with Gasteiger partial charge in [-0.2, -0.15) is 0 Å². The van der Waals surface area contributed by atoms with Gasteiger partial charge in [-0.3, -0.25) is 4.79 Å². The van der Waals surface area contributed by atoms with Crippen molar-refractivity contribution in [3.05, 3.63) is 70.0 Å². The molecule has 0 amide bonds. The molecule has 0 atom stereocenters. The topological polar surface area (TPSA) is 56.3 Å². The highest BCUT2D eigenvalue weighted by Crippen LogP contribution is 2.30. The second kappa shape index (κ2) is 6.94. The fourth-order valence-corrected chi connectivity index (χ4v) is 3.44. The number of ether oxygens (including phenoxy) is 1. The van der Waals surface area contributed by atoms with Crippen molar-refractivity contribution in [1.82, 2.24) is 4.98 Å². The number of nitrogens with zero attached hydrogens (tertiary/aromatic N) is 1. The van der Waals surface area contributed by atoms with Gasteiger partial charge in [-0.1, -0.05) is 18.2 Å². The number of esters is 1. The predicted molar refractivity (Wildman–Crippen MR) is 95.5 cm³/mol. The fraction of sp³-hybridized carbons (Fsp3) is 0.105. The van der Waals surface area contributed by atoms with Crippen molar-refractivity contribution in [2.45, 2.75) is 6.92 Å². The maximum Gasteiger partial charge on any atom is 0.348 e. The van der Waals surface area contributed by atoms with Crippen LogP contribution in [-0.2, 0) is 4.74 Å². The summed E-state index contributed by atoms with van der Waals surface area (Å²) in [6.45, 7) is 1.79. The quantitative estimate of drug-likeness (QED) is 0.395. The van der Waals surface area contributed by atoms with Gasteiger partial charge in [0, 0.05) is 22.7 Å². The second-order valence-corrected chi connectivity index (χ2v) is 6.34. The zero-order valence-electron chi connectivity index (χ0n) is 13.6. The van der Waals surface area contributed by atoms with Gasteiger partial charge >= 0.3 is 5.97 Å². The lowest BCUT2D eigenvalue weighted by Crippen LogP contribution is -1.99. The Balaban J connectivity index is 1.93. The first kappa shape index (κ1) is 17.0. The third-order valence-corrected chi connectivity index (χ3v) is 4.96. The van der Waals surface area contributed by atoms with E-state index >= 15 is 0 Å². The minimum Gasteiger partial charge on any atom is -0.465 e. The van der Waals surface area contributed by atoms with Gasteiger partial charge in [-0.15, -0.1) is 11.3 Å². The lowest BCUT2D eigenvalue weighted by Gasteiger charge is -1.99. The Bertz CT molecular complexity index is 1010. The van der Waals surface area contributed by atoms with E-state index in [1.54, 1.807) is 31.2 Å². The van der Waals surface area contributed by atoms with Gasteiger partial charge in [0.1, 0.15) is 15.5 Å². The van der Waals surface area contributed by atoms with Crippen molar-refractivity contribution >= 4 is 39.4 Å². The smallest absolute Gasteiger partial charge is 0.348 e. The van der Waals surface area contributed by atoms with Crippen LogP contribution in [0.4, 0.5) is 4.39 Å². The third-order valence-electron chi connectivity index (χ3n) is 3.77. The maximum absolute atomic E-state index is 13.6. The van der Waals surface area contributed by atoms with Crippen molar-refractivity contribution in [3.8, 4) is 0 Å². The number of aryl methyl sites for hydroxylation is 1. The Labute approximate surface area is 147 Å². The van der Waals surface area contributed by atoms with Gasteiger partial charge in [0.15, 0.2) is 5.78 Å². The molecule has 1 aromatic carbocycles. The number of methoxy groups -OCH3 is 1. The summed E-state index contributed by atoms with van der Waals surface area (Å²) in [5, 5.41) is 0.732. The summed E-state index contributed by atoms with van der Waals surface area (Å²) in [6.07, 6.45) is 4.19. The highest BCUT2D eigenvalue weighted by Gasteiger charge is 2.17. The predicted octanol–water partition coefficient (Wildman–Crippen LogP) is 4.43. The highest BCUT2D eigenvalue weighted by atomic mass is 32.1. The first-order chi connectivity index (χ1) is 12.0. The molecule has 6 heteroatoms. The third kappa shape index (κ3) is 3.34. The van der Waals surface area contributed by atoms with E-state index in [9.17, 15) is 14.0 Å². The SMILES string of the molecule is COC(=O)c1sc2ncc(C(=O)/C=C/c3ccccc3F)cc2c1C. The number of hydrogen-bond donors (Lipinski definition) is 0. The van der Waals surface area contributed by atoms with Gasteiger partial charge in [0.05, 0.1) is 7.11 Å². The molecule has 0 aliphatic carbocycles. The van der Waals surface area contributed by atoms with E-state index in [0.717, 1.165) is 10.9 Å².